The maximum atomic E-state index is 12.7. The Morgan fingerprint density at radius 2 is 1.91 bits per heavy atom. The molecule has 1 aliphatic rings. The Bertz CT molecular complexity index is 766. The molecule has 0 unspecified atom stereocenters. The van der Waals surface area contributed by atoms with Crippen LogP contribution in [0.1, 0.15) is 11.5 Å². The summed E-state index contributed by atoms with van der Waals surface area (Å²) in [4.78, 5) is 3.95. The predicted molar refractivity (Wildman–Crippen MR) is 87.8 cm³/mol. The molecule has 0 aliphatic carbocycles. The molecular formula is C16H17ClN2O3S. The standard InChI is InChI=1S/C16H17ClN2O3S/c17-14-6-4-12(5-7-14)15-10-19(9-13(15)11-20)23(21,22)16-3-1-2-8-18-16/h1-8,13,15,20H,9-11H2/t13-,15-/m0/s1. The molecule has 23 heavy (non-hydrogen) atoms. The van der Waals surface area contributed by atoms with Crippen molar-refractivity contribution in [2.45, 2.75) is 10.9 Å². The molecule has 0 saturated carbocycles. The normalized spacial score (nSPS) is 22.3. The molecule has 1 aliphatic heterocycles. The van der Waals surface area contributed by atoms with Gasteiger partial charge in [-0.2, -0.15) is 4.31 Å². The van der Waals surface area contributed by atoms with Crippen molar-refractivity contribution in [3.8, 4) is 0 Å². The minimum Gasteiger partial charge on any atom is -0.396 e. The van der Waals surface area contributed by atoms with Crippen LogP contribution in [0.25, 0.3) is 0 Å². The van der Waals surface area contributed by atoms with Gasteiger partial charge in [0, 0.05) is 42.8 Å². The molecule has 122 valence electrons. The van der Waals surface area contributed by atoms with E-state index in [4.69, 9.17) is 11.6 Å². The van der Waals surface area contributed by atoms with Gasteiger partial charge in [-0.25, -0.2) is 13.4 Å². The Hall–Kier alpha value is -1.47. The molecule has 3 rings (SSSR count). The van der Waals surface area contributed by atoms with Crippen LogP contribution >= 0.6 is 11.6 Å². The summed E-state index contributed by atoms with van der Waals surface area (Å²) in [5.41, 5.74) is 0.979. The topological polar surface area (TPSA) is 70.5 Å². The van der Waals surface area contributed by atoms with Crippen LogP contribution in [0.5, 0.6) is 0 Å². The van der Waals surface area contributed by atoms with Gasteiger partial charge in [0.1, 0.15) is 0 Å². The first-order chi connectivity index (χ1) is 11.0. The number of nitrogens with zero attached hydrogens (tertiary/aromatic N) is 2. The van der Waals surface area contributed by atoms with Crippen LogP contribution in [0.2, 0.25) is 5.02 Å². The summed E-state index contributed by atoms with van der Waals surface area (Å²) in [6.07, 6.45) is 1.46. The highest BCUT2D eigenvalue weighted by atomic mass is 35.5. The van der Waals surface area contributed by atoms with Gasteiger partial charge in [0.15, 0.2) is 5.03 Å². The molecule has 2 aromatic rings. The molecule has 1 saturated heterocycles. The van der Waals surface area contributed by atoms with Gasteiger partial charge in [0.05, 0.1) is 0 Å². The highest BCUT2D eigenvalue weighted by Gasteiger charge is 2.40. The highest BCUT2D eigenvalue weighted by Crippen LogP contribution is 2.35. The van der Waals surface area contributed by atoms with Crippen LogP contribution in [-0.4, -0.2) is 42.5 Å². The van der Waals surface area contributed by atoms with Crippen molar-refractivity contribution in [3.05, 3.63) is 59.2 Å². The largest absolute Gasteiger partial charge is 0.396 e. The molecule has 2 heterocycles. The molecule has 2 atom stereocenters. The monoisotopic (exact) mass is 352 g/mol. The molecule has 0 spiro atoms. The number of hydrogen-bond donors (Lipinski definition) is 1. The van der Waals surface area contributed by atoms with Crippen LogP contribution in [0.4, 0.5) is 0 Å². The molecule has 0 radical (unpaired) electrons. The van der Waals surface area contributed by atoms with E-state index in [1.165, 1.54) is 16.6 Å². The number of pyridine rings is 1. The quantitative estimate of drug-likeness (QED) is 0.915. The number of rotatable bonds is 4. The van der Waals surface area contributed by atoms with Crippen LogP contribution < -0.4 is 0 Å². The van der Waals surface area contributed by atoms with E-state index in [1.807, 2.05) is 12.1 Å². The summed E-state index contributed by atoms with van der Waals surface area (Å²) >= 11 is 5.91. The highest BCUT2D eigenvalue weighted by molar-refractivity contribution is 7.89. The fourth-order valence-electron chi connectivity index (χ4n) is 2.93. The lowest BCUT2D eigenvalue weighted by molar-refractivity contribution is 0.223. The summed E-state index contributed by atoms with van der Waals surface area (Å²) in [6.45, 7) is 0.538. The average molecular weight is 353 g/mol. The molecule has 0 amide bonds. The van der Waals surface area contributed by atoms with Gasteiger partial charge in [-0.1, -0.05) is 29.8 Å². The predicted octanol–water partition coefficient (Wildman–Crippen LogP) is 2.13. The van der Waals surface area contributed by atoms with E-state index in [9.17, 15) is 13.5 Å². The van der Waals surface area contributed by atoms with Crippen molar-refractivity contribution in [1.29, 1.82) is 0 Å². The van der Waals surface area contributed by atoms with Crippen molar-refractivity contribution < 1.29 is 13.5 Å². The third-order valence-corrected chi connectivity index (χ3v) is 6.18. The smallest absolute Gasteiger partial charge is 0.260 e. The molecule has 1 fully saturated rings. The fourth-order valence-corrected chi connectivity index (χ4v) is 4.51. The summed E-state index contributed by atoms with van der Waals surface area (Å²) in [7, 11) is -3.65. The third kappa shape index (κ3) is 3.26. The number of sulfonamides is 1. The molecule has 7 heteroatoms. The van der Waals surface area contributed by atoms with Crippen LogP contribution in [0.3, 0.4) is 0 Å². The van der Waals surface area contributed by atoms with Crippen molar-refractivity contribution >= 4 is 21.6 Å². The summed E-state index contributed by atoms with van der Waals surface area (Å²) < 4.78 is 26.8. The Balaban J connectivity index is 1.88. The number of halogens is 1. The minimum absolute atomic E-state index is 0.0356. The summed E-state index contributed by atoms with van der Waals surface area (Å²) in [5.74, 6) is -0.203. The molecule has 1 N–H and O–H groups in total. The zero-order chi connectivity index (χ0) is 16.4. The summed E-state index contributed by atoms with van der Waals surface area (Å²) in [6, 6.07) is 12.1. The molecule has 1 aromatic heterocycles. The molecule has 0 bridgehead atoms. The zero-order valence-corrected chi connectivity index (χ0v) is 13.9. The lowest BCUT2D eigenvalue weighted by Crippen LogP contribution is -2.30. The van der Waals surface area contributed by atoms with Gasteiger partial charge in [0.2, 0.25) is 0 Å². The maximum Gasteiger partial charge on any atom is 0.260 e. The second-order valence-corrected chi connectivity index (χ2v) is 7.91. The Morgan fingerprint density at radius 1 is 1.17 bits per heavy atom. The average Bonchev–Trinajstić information content (AvgIpc) is 3.01. The maximum absolute atomic E-state index is 12.7. The summed E-state index contributed by atoms with van der Waals surface area (Å²) in [5, 5.41) is 10.3. The number of benzene rings is 1. The first kappa shape index (κ1) is 16.4. The van der Waals surface area contributed by atoms with Crippen LogP contribution in [0, 0.1) is 5.92 Å². The van der Waals surface area contributed by atoms with Gasteiger partial charge < -0.3 is 5.11 Å². The minimum atomic E-state index is -3.65. The Kier molecular flexibility index (Phi) is 4.68. The zero-order valence-electron chi connectivity index (χ0n) is 12.3. The van der Waals surface area contributed by atoms with E-state index in [0.717, 1.165) is 5.56 Å². The first-order valence-corrected chi connectivity index (χ1v) is 9.11. The van der Waals surface area contributed by atoms with Crippen LogP contribution in [0.15, 0.2) is 53.7 Å². The fraction of sp³-hybridized carbons (Fsp3) is 0.312. The Morgan fingerprint density at radius 3 is 2.52 bits per heavy atom. The molecular weight excluding hydrogens is 336 g/mol. The second-order valence-electron chi connectivity index (χ2n) is 5.59. The van der Waals surface area contributed by atoms with E-state index in [0.29, 0.717) is 11.6 Å². The molecule has 5 nitrogen and oxygen atoms in total. The van der Waals surface area contributed by atoms with E-state index < -0.39 is 10.0 Å². The van der Waals surface area contributed by atoms with E-state index in [2.05, 4.69) is 4.98 Å². The SMILES string of the molecule is O=S(=O)(c1ccccn1)N1C[C@@H](CO)[C@H](c2ccc(Cl)cc2)C1. The van der Waals surface area contributed by atoms with Crippen molar-refractivity contribution in [2.24, 2.45) is 5.92 Å². The van der Waals surface area contributed by atoms with Crippen molar-refractivity contribution in [2.75, 3.05) is 19.7 Å². The van der Waals surface area contributed by atoms with E-state index in [1.54, 1.807) is 24.3 Å². The van der Waals surface area contributed by atoms with E-state index >= 15 is 0 Å². The first-order valence-electron chi connectivity index (χ1n) is 7.30. The molecule has 1 aromatic carbocycles. The van der Waals surface area contributed by atoms with Crippen molar-refractivity contribution in [3.63, 3.8) is 0 Å². The number of aliphatic hydroxyl groups is 1. The number of hydrogen-bond acceptors (Lipinski definition) is 4. The lowest BCUT2D eigenvalue weighted by Gasteiger charge is -2.16. The van der Waals surface area contributed by atoms with Gasteiger partial charge in [-0.05, 0) is 29.8 Å². The third-order valence-electron chi connectivity index (χ3n) is 4.18. The number of aliphatic hydroxyl groups excluding tert-OH is 1. The second kappa shape index (κ2) is 6.57. The van der Waals surface area contributed by atoms with Gasteiger partial charge in [-0.15, -0.1) is 0 Å². The lowest BCUT2D eigenvalue weighted by atomic mass is 9.90. The Labute approximate surface area is 140 Å². The van der Waals surface area contributed by atoms with Gasteiger partial charge >= 0.3 is 0 Å². The van der Waals surface area contributed by atoms with Crippen molar-refractivity contribution in [1.82, 2.24) is 9.29 Å². The van der Waals surface area contributed by atoms with Crippen LogP contribution in [-0.2, 0) is 10.0 Å². The van der Waals surface area contributed by atoms with E-state index in [-0.39, 0.29) is 30.0 Å². The van der Waals surface area contributed by atoms with Gasteiger partial charge in [0.25, 0.3) is 10.0 Å². The van der Waals surface area contributed by atoms with Gasteiger partial charge in [-0.3, -0.25) is 0 Å². The number of aromatic nitrogens is 1.